The van der Waals surface area contributed by atoms with E-state index in [2.05, 4.69) is 32.3 Å². The van der Waals surface area contributed by atoms with Crippen LogP contribution in [0.2, 0.25) is 0 Å². The fraction of sp³-hybridized carbons (Fsp3) is 0.400. The molecule has 0 saturated heterocycles. The molecule has 14 heavy (non-hydrogen) atoms. The van der Waals surface area contributed by atoms with Crippen molar-refractivity contribution in [3.05, 3.63) is 36.2 Å². The number of hydrogen-bond donors (Lipinski definition) is 2. The summed E-state index contributed by atoms with van der Waals surface area (Å²) in [5.41, 5.74) is 5.53. The summed E-state index contributed by atoms with van der Waals surface area (Å²) in [6, 6.07) is 0. The summed E-state index contributed by atoms with van der Waals surface area (Å²) >= 11 is 1.40. The van der Waals surface area contributed by atoms with Gasteiger partial charge in [-0.3, -0.25) is 5.14 Å². The number of rotatable bonds is 6. The van der Waals surface area contributed by atoms with E-state index >= 15 is 0 Å². The van der Waals surface area contributed by atoms with Crippen LogP contribution in [0.25, 0.3) is 0 Å². The van der Waals surface area contributed by atoms with Crippen LogP contribution >= 0.6 is 18.7 Å². The number of hydrogen-bond acceptors (Lipinski definition) is 3. The van der Waals surface area contributed by atoms with Crippen LogP contribution in [-0.4, -0.2) is 13.2 Å². The Balaban J connectivity index is 4.45. The van der Waals surface area contributed by atoms with Crippen LogP contribution in [0.3, 0.4) is 0 Å². The standard InChI is InChI=1S/C10H19N2PS/c1-4-5-10(13(3)14-12)7-6-9(2)8-11/h4-7,9H,1,8,11-12H2,2-3H3/b7-6-,10-5+. The molecule has 4 N–H and O–H groups in total. The zero-order valence-electron chi connectivity index (χ0n) is 8.81. The number of allylic oxidation sites excluding steroid dienone is 4. The molecule has 0 bridgehead atoms. The molecule has 0 amide bonds. The van der Waals surface area contributed by atoms with E-state index in [1.807, 2.05) is 6.08 Å². The molecule has 0 aliphatic rings. The quantitative estimate of drug-likeness (QED) is 0.419. The Morgan fingerprint density at radius 1 is 1.64 bits per heavy atom. The van der Waals surface area contributed by atoms with Crippen molar-refractivity contribution >= 4 is 18.7 Å². The predicted octanol–water partition coefficient (Wildman–Crippen LogP) is 2.84. The summed E-state index contributed by atoms with van der Waals surface area (Å²) in [4.78, 5) is 0. The predicted molar refractivity (Wildman–Crippen MR) is 70.3 cm³/mol. The van der Waals surface area contributed by atoms with Gasteiger partial charge in [0.2, 0.25) is 0 Å². The van der Waals surface area contributed by atoms with E-state index in [4.69, 9.17) is 10.9 Å². The maximum absolute atomic E-state index is 5.55. The maximum Gasteiger partial charge on any atom is -0.00167 e. The lowest BCUT2D eigenvalue weighted by molar-refractivity contribution is 0.740. The molecule has 0 aliphatic carbocycles. The summed E-state index contributed by atoms with van der Waals surface area (Å²) in [6.45, 7) is 8.59. The van der Waals surface area contributed by atoms with E-state index in [-0.39, 0.29) is 7.12 Å². The van der Waals surface area contributed by atoms with Crippen LogP contribution in [0.1, 0.15) is 6.92 Å². The lowest BCUT2D eigenvalue weighted by Gasteiger charge is -2.09. The van der Waals surface area contributed by atoms with Crippen LogP contribution in [-0.2, 0) is 0 Å². The summed E-state index contributed by atoms with van der Waals surface area (Å²) < 4.78 is 0. The van der Waals surface area contributed by atoms with Crippen molar-refractivity contribution in [2.24, 2.45) is 16.8 Å². The van der Waals surface area contributed by atoms with E-state index in [0.29, 0.717) is 12.5 Å². The van der Waals surface area contributed by atoms with Crippen molar-refractivity contribution in [3.63, 3.8) is 0 Å². The zero-order valence-corrected chi connectivity index (χ0v) is 10.5. The van der Waals surface area contributed by atoms with Gasteiger partial charge < -0.3 is 5.73 Å². The average Bonchev–Trinajstić information content (AvgIpc) is 2.22. The molecule has 2 nitrogen and oxygen atoms in total. The van der Waals surface area contributed by atoms with Gasteiger partial charge in [-0.25, -0.2) is 0 Å². The third-order valence-corrected chi connectivity index (χ3v) is 4.70. The van der Waals surface area contributed by atoms with Crippen LogP contribution in [0.5, 0.6) is 0 Å². The highest BCUT2D eigenvalue weighted by molar-refractivity contribution is 8.55. The first-order valence-corrected chi connectivity index (χ1v) is 7.74. The Morgan fingerprint density at radius 2 is 2.29 bits per heavy atom. The Bertz CT molecular complexity index is 226. The minimum absolute atomic E-state index is 0.327. The fourth-order valence-electron chi connectivity index (χ4n) is 0.789. The Hall–Kier alpha value is -0.0800. The second-order valence-electron chi connectivity index (χ2n) is 3.00. The van der Waals surface area contributed by atoms with Gasteiger partial charge in [0.15, 0.2) is 0 Å². The van der Waals surface area contributed by atoms with Gasteiger partial charge in [0.25, 0.3) is 0 Å². The van der Waals surface area contributed by atoms with Gasteiger partial charge in [-0.05, 0) is 31.6 Å². The molecule has 4 heteroatoms. The maximum atomic E-state index is 5.55. The van der Waals surface area contributed by atoms with Crippen molar-refractivity contribution in [2.75, 3.05) is 13.2 Å². The molecular formula is C10H19N2PS. The van der Waals surface area contributed by atoms with E-state index in [1.165, 1.54) is 16.9 Å². The van der Waals surface area contributed by atoms with Gasteiger partial charge in [-0.2, -0.15) is 0 Å². The largest absolute Gasteiger partial charge is 0.330 e. The highest BCUT2D eigenvalue weighted by Crippen LogP contribution is 2.50. The van der Waals surface area contributed by atoms with E-state index in [0.717, 1.165) is 0 Å². The van der Waals surface area contributed by atoms with Crippen molar-refractivity contribution in [1.29, 1.82) is 0 Å². The average molecular weight is 230 g/mol. The van der Waals surface area contributed by atoms with Gasteiger partial charge in [0, 0.05) is 0 Å². The molecule has 0 heterocycles. The van der Waals surface area contributed by atoms with E-state index < -0.39 is 0 Å². The third-order valence-electron chi connectivity index (χ3n) is 1.78. The van der Waals surface area contributed by atoms with Gasteiger partial charge in [0.1, 0.15) is 0 Å². The molecule has 0 aromatic heterocycles. The molecule has 2 atom stereocenters. The topological polar surface area (TPSA) is 52.0 Å². The molecule has 2 unspecified atom stereocenters. The van der Waals surface area contributed by atoms with Crippen molar-refractivity contribution in [2.45, 2.75) is 6.92 Å². The first kappa shape index (κ1) is 13.9. The summed E-state index contributed by atoms with van der Waals surface area (Å²) in [5, 5.41) is 6.79. The minimum atomic E-state index is -0.327. The van der Waals surface area contributed by atoms with E-state index in [1.54, 1.807) is 6.08 Å². The number of nitrogens with two attached hydrogens (primary N) is 2. The monoisotopic (exact) mass is 230 g/mol. The van der Waals surface area contributed by atoms with Crippen molar-refractivity contribution in [1.82, 2.24) is 0 Å². The van der Waals surface area contributed by atoms with Crippen molar-refractivity contribution < 1.29 is 0 Å². The molecule has 0 radical (unpaired) electrons. The van der Waals surface area contributed by atoms with Gasteiger partial charge >= 0.3 is 0 Å². The lowest BCUT2D eigenvalue weighted by Crippen LogP contribution is -2.07. The zero-order chi connectivity index (χ0) is 11.0. The summed E-state index contributed by atoms with van der Waals surface area (Å²) in [6.07, 6.45) is 8.02. The molecule has 0 rings (SSSR count). The SMILES string of the molecule is C=C/C=C(\C=C/C(C)CN)P(C)SN. The first-order chi connectivity index (χ1) is 6.65. The molecule has 0 aromatic carbocycles. The fourth-order valence-corrected chi connectivity index (χ4v) is 2.25. The Kier molecular flexibility index (Phi) is 8.20. The molecule has 0 aliphatic heterocycles. The lowest BCUT2D eigenvalue weighted by atomic mass is 10.2. The second-order valence-corrected chi connectivity index (χ2v) is 7.00. The highest BCUT2D eigenvalue weighted by atomic mass is 32.7. The minimum Gasteiger partial charge on any atom is -0.330 e. The van der Waals surface area contributed by atoms with Gasteiger partial charge in [-0.1, -0.05) is 49.4 Å². The normalized spacial score (nSPS) is 17.0. The second kappa shape index (κ2) is 8.25. The molecule has 0 saturated carbocycles. The van der Waals surface area contributed by atoms with Gasteiger partial charge in [0.05, 0.1) is 0 Å². The van der Waals surface area contributed by atoms with Crippen LogP contribution in [0.15, 0.2) is 36.2 Å². The smallest absolute Gasteiger partial charge is 0.00167 e. The Morgan fingerprint density at radius 3 is 2.71 bits per heavy atom. The summed E-state index contributed by atoms with van der Waals surface area (Å²) in [7, 11) is -0.327. The highest BCUT2D eigenvalue weighted by Gasteiger charge is 2.03. The van der Waals surface area contributed by atoms with Crippen LogP contribution in [0.4, 0.5) is 0 Å². The Labute approximate surface area is 92.1 Å². The molecule has 0 aromatic rings. The molecule has 0 spiro atoms. The third kappa shape index (κ3) is 5.61. The van der Waals surface area contributed by atoms with Crippen LogP contribution in [0, 0.1) is 5.92 Å². The molecular weight excluding hydrogens is 211 g/mol. The van der Waals surface area contributed by atoms with E-state index in [9.17, 15) is 0 Å². The molecule has 0 fully saturated rings. The summed E-state index contributed by atoms with van der Waals surface area (Å²) in [5.74, 6) is 0.411. The van der Waals surface area contributed by atoms with Gasteiger partial charge in [-0.15, -0.1) is 0 Å². The van der Waals surface area contributed by atoms with Crippen LogP contribution < -0.4 is 10.9 Å². The molecule has 80 valence electrons. The first-order valence-electron chi connectivity index (χ1n) is 4.47. The van der Waals surface area contributed by atoms with Crippen molar-refractivity contribution in [3.8, 4) is 0 Å².